The molecule has 18 heavy (non-hydrogen) atoms. The van der Waals surface area contributed by atoms with Crippen molar-refractivity contribution in [2.75, 3.05) is 5.75 Å². The number of nitrogens with one attached hydrogen (secondary N) is 1. The fourth-order valence-electron chi connectivity index (χ4n) is 1.17. The van der Waals surface area contributed by atoms with Crippen molar-refractivity contribution in [1.29, 1.82) is 0 Å². The van der Waals surface area contributed by atoms with Gasteiger partial charge in [0.15, 0.2) is 0 Å². The third-order valence-corrected chi connectivity index (χ3v) is 6.45. The van der Waals surface area contributed by atoms with E-state index in [1.54, 1.807) is 6.92 Å². The maximum absolute atomic E-state index is 12.0. The number of halogens is 1. The van der Waals surface area contributed by atoms with Crippen LogP contribution in [0.2, 0.25) is 0 Å². The van der Waals surface area contributed by atoms with E-state index < -0.39 is 22.0 Å². The number of carboxylic acids is 1. The van der Waals surface area contributed by atoms with E-state index in [0.717, 1.165) is 16.9 Å². The first-order valence-electron chi connectivity index (χ1n) is 4.90. The molecule has 0 aliphatic heterocycles. The average molecular weight is 374 g/mol. The van der Waals surface area contributed by atoms with Crippen molar-refractivity contribution in [3.63, 3.8) is 0 Å². The smallest absolute Gasteiger partial charge is 0.321 e. The molecule has 0 amide bonds. The number of thiophene rings is 1. The summed E-state index contributed by atoms with van der Waals surface area (Å²) in [5.41, 5.74) is 0.793. The molecule has 0 aliphatic rings. The first-order chi connectivity index (χ1) is 8.27. The summed E-state index contributed by atoms with van der Waals surface area (Å²) in [6.45, 7) is 1.77. The van der Waals surface area contributed by atoms with Crippen LogP contribution in [0.15, 0.2) is 14.1 Å². The lowest BCUT2D eigenvalue weighted by Gasteiger charge is -2.12. The van der Waals surface area contributed by atoms with Gasteiger partial charge in [-0.1, -0.05) is 0 Å². The molecule has 0 aromatic carbocycles. The van der Waals surface area contributed by atoms with Gasteiger partial charge in [0.25, 0.3) is 10.0 Å². The summed E-state index contributed by atoms with van der Waals surface area (Å²) < 4.78 is 26.9. The molecule has 1 aromatic rings. The fourth-order valence-corrected chi connectivity index (χ4v) is 4.90. The Morgan fingerprint density at radius 1 is 1.67 bits per heavy atom. The van der Waals surface area contributed by atoms with E-state index in [4.69, 9.17) is 5.11 Å². The first kappa shape index (κ1) is 16.0. The van der Waals surface area contributed by atoms with Crippen LogP contribution in [0.3, 0.4) is 0 Å². The minimum absolute atomic E-state index is 0.0947. The van der Waals surface area contributed by atoms with E-state index in [2.05, 4.69) is 33.3 Å². The monoisotopic (exact) mass is 373 g/mol. The van der Waals surface area contributed by atoms with Gasteiger partial charge in [0.05, 0.1) is 3.79 Å². The summed E-state index contributed by atoms with van der Waals surface area (Å²) in [4.78, 5) is 10.9. The zero-order chi connectivity index (χ0) is 13.9. The van der Waals surface area contributed by atoms with Gasteiger partial charge in [-0.05, 0) is 46.7 Å². The van der Waals surface area contributed by atoms with Gasteiger partial charge in [-0.25, -0.2) is 8.42 Å². The number of sulfonamides is 1. The van der Waals surface area contributed by atoms with Gasteiger partial charge in [-0.3, -0.25) is 4.79 Å². The van der Waals surface area contributed by atoms with Crippen molar-refractivity contribution in [3.05, 3.63) is 15.4 Å². The molecule has 1 heterocycles. The number of hydrogen-bond donors (Lipinski definition) is 3. The van der Waals surface area contributed by atoms with Crippen LogP contribution < -0.4 is 4.72 Å². The molecule has 0 saturated carbocycles. The second kappa shape index (κ2) is 6.38. The van der Waals surface area contributed by atoms with E-state index in [-0.39, 0.29) is 16.4 Å². The molecule has 1 atom stereocenters. The number of aliphatic carboxylic acids is 1. The van der Waals surface area contributed by atoms with Gasteiger partial charge in [0.1, 0.15) is 10.3 Å². The standard InChI is InChI=1S/C9H12BrNO4S3/c1-5-4-7(17-8(5)10)18(14,15)11-6(2-3-16)9(12)13/h4,6,11,16H,2-3H2,1H3,(H,12,13). The van der Waals surface area contributed by atoms with E-state index >= 15 is 0 Å². The van der Waals surface area contributed by atoms with Crippen molar-refractivity contribution in [1.82, 2.24) is 4.72 Å². The lowest BCUT2D eigenvalue weighted by atomic mass is 10.2. The summed E-state index contributed by atoms with van der Waals surface area (Å²) in [5, 5.41) is 8.91. The highest BCUT2D eigenvalue weighted by molar-refractivity contribution is 9.11. The van der Waals surface area contributed by atoms with E-state index in [0.29, 0.717) is 3.79 Å². The Balaban J connectivity index is 2.96. The molecular weight excluding hydrogens is 362 g/mol. The summed E-state index contributed by atoms with van der Waals surface area (Å²) in [7, 11) is -3.80. The molecule has 0 radical (unpaired) electrons. The zero-order valence-electron chi connectivity index (χ0n) is 9.38. The number of aryl methyl sites for hydroxylation is 1. The van der Waals surface area contributed by atoms with Gasteiger partial charge in [-0.2, -0.15) is 17.4 Å². The predicted molar refractivity (Wildman–Crippen MR) is 77.0 cm³/mol. The second-order valence-electron chi connectivity index (χ2n) is 3.55. The number of rotatable bonds is 6. The molecule has 0 saturated heterocycles. The SMILES string of the molecule is Cc1cc(S(=O)(=O)NC(CCS)C(=O)O)sc1Br. The van der Waals surface area contributed by atoms with Crippen molar-refractivity contribution in [3.8, 4) is 0 Å². The maximum Gasteiger partial charge on any atom is 0.321 e. The molecule has 5 nitrogen and oxygen atoms in total. The first-order valence-corrected chi connectivity index (χ1v) is 8.62. The molecule has 1 rings (SSSR count). The zero-order valence-corrected chi connectivity index (χ0v) is 13.5. The molecule has 1 aromatic heterocycles. The highest BCUT2D eigenvalue weighted by Gasteiger charge is 2.26. The van der Waals surface area contributed by atoms with Gasteiger partial charge in [0.2, 0.25) is 0 Å². The number of hydrogen-bond acceptors (Lipinski definition) is 5. The Morgan fingerprint density at radius 3 is 2.67 bits per heavy atom. The van der Waals surface area contributed by atoms with Gasteiger partial charge < -0.3 is 5.11 Å². The average Bonchev–Trinajstić information content (AvgIpc) is 2.59. The van der Waals surface area contributed by atoms with E-state index in [1.165, 1.54) is 6.07 Å². The minimum atomic E-state index is -3.80. The number of thiol groups is 1. The normalized spacial score (nSPS) is 13.5. The summed E-state index contributed by atoms with van der Waals surface area (Å²) >= 11 is 8.19. The molecule has 0 spiro atoms. The van der Waals surface area contributed by atoms with Crippen LogP contribution in [0.25, 0.3) is 0 Å². The summed E-state index contributed by atoms with van der Waals surface area (Å²) in [6, 6.07) is 0.338. The van der Waals surface area contributed by atoms with Crippen LogP contribution in [0.5, 0.6) is 0 Å². The lowest BCUT2D eigenvalue weighted by Crippen LogP contribution is -2.40. The number of carboxylic acid groups (broad SMARTS) is 1. The van der Waals surface area contributed by atoms with Gasteiger partial charge in [-0.15, -0.1) is 11.3 Å². The lowest BCUT2D eigenvalue weighted by molar-refractivity contribution is -0.139. The summed E-state index contributed by atoms with van der Waals surface area (Å²) in [6.07, 6.45) is 0.128. The van der Waals surface area contributed by atoms with E-state index in [1.807, 2.05) is 0 Å². The Hall–Kier alpha value is -0.0900. The molecule has 1 unspecified atom stereocenters. The van der Waals surface area contributed by atoms with Crippen molar-refractivity contribution in [2.45, 2.75) is 23.6 Å². The Bertz CT molecular complexity index is 521. The maximum atomic E-state index is 12.0. The molecular formula is C9H12BrNO4S3. The minimum Gasteiger partial charge on any atom is -0.480 e. The Labute approximate surface area is 123 Å². The Morgan fingerprint density at radius 2 is 2.28 bits per heavy atom. The largest absolute Gasteiger partial charge is 0.480 e. The molecule has 102 valence electrons. The van der Waals surface area contributed by atoms with Crippen LogP contribution in [0, 0.1) is 6.92 Å². The molecule has 2 N–H and O–H groups in total. The Kier molecular flexibility index (Phi) is 5.66. The van der Waals surface area contributed by atoms with Crippen LogP contribution in [-0.4, -0.2) is 31.3 Å². The highest BCUT2D eigenvalue weighted by Crippen LogP contribution is 2.30. The third kappa shape index (κ3) is 3.95. The van der Waals surface area contributed by atoms with Crippen LogP contribution in [-0.2, 0) is 14.8 Å². The second-order valence-corrected chi connectivity index (χ2v) is 8.30. The highest BCUT2D eigenvalue weighted by atomic mass is 79.9. The van der Waals surface area contributed by atoms with E-state index in [9.17, 15) is 13.2 Å². The van der Waals surface area contributed by atoms with Crippen LogP contribution in [0.1, 0.15) is 12.0 Å². The fraction of sp³-hybridized carbons (Fsp3) is 0.444. The van der Waals surface area contributed by atoms with Crippen molar-refractivity contribution >= 4 is 55.9 Å². The quantitative estimate of drug-likeness (QED) is 0.664. The molecule has 0 aliphatic carbocycles. The van der Waals surface area contributed by atoms with Crippen molar-refractivity contribution in [2.24, 2.45) is 0 Å². The van der Waals surface area contributed by atoms with Crippen LogP contribution >= 0.6 is 39.9 Å². The topological polar surface area (TPSA) is 83.5 Å². The summed E-state index contributed by atoms with van der Waals surface area (Å²) in [5.74, 6) is -0.924. The third-order valence-electron chi connectivity index (χ3n) is 2.11. The van der Waals surface area contributed by atoms with Gasteiger partial charge in [0, 0.05) is 0 Å². The number of carbonyl (C=O) groups is 1. The molecule has 0 bridgehead atoms. The molecule has 9 heteroatoms. The molecule has 0 fully saturated rings. The van der Waals surface area contributed by atoms with Crippen LogP contribution in [0.4, 0.5) is 0 Å². The van der Waals surface area contributed by atoms with Gasteiger partial charge >= 0.3 is 5.97 Å². The van der Waals surface area contributed by atoms with Crippen molar-refractivity contribution < 1.29 is 18.3 Å². The predicted octanol–water partition coefficient (Wildman–Crippen LogP) is 1.87.